The van der Waals surface area contributed by atoms with Gasteiger partial charge < -0.3 is 4.74 Å². The van der Waals surface area contributed by atoms with Crippen LogP contribution in [0.15, 0.2) is 11.6 Å². The van der Waals surface area contributed by atoms with Crippen LogP contribution in [0, 0.1) is 0 Å². The van der Waals surface area contributed by atoms with Gasteiger partial charge in [0.1, 0.15) is 6.17 Å². The monoisotopic (exact) mass is 144 g/mol. The number of esters is 2. The molecule has 0 bridgehead atoms. The van der Waals surface area contributed by atoms with E-state index in [-0.39, 0.29) is 5.57 Å². The summed E-state index contributed by atoms with van der Waals surface area (Å²) in [6.07, 6.45) is -0.563. The minimum atomic E-state index is -1.43. The summed E-state index contributed by atoms with van der Waals surface area (Å²) in [5, 5.41) is 0. The molecule has 0 aromatic carbocycles. The number of rotatable bonds is 1. The average Bonchev–Trinajstić information content (AvgIpc) is 2.10. The third-order valence-electron chi connectivity index (χ3n) is 1.13. The molecule has 1 aliphatic heterocycles. The number of carbonyl (C=O) groups excluding carboxylic acids is 2. The zero-order valence-electron chi connectivity index (χ0n) is 5.26. The van der Waals surface area contributed by atoms with Crippen LogP contribution in [0.1, 0.15) is 6.92 Å². The Bertz CT molecular complexity index is 217. The maximum Gasteiger partial charge on any atom is 0.345 e. The predicted molar refractivity (Wildman–Crippen MR) is 29.8 cm³/mol. The van der Waals surface area contributed by atoms with E-state index in [1.165, 1.54) is 6.92 Å². The molecule has 0 aromatic heterocycles. The highest BCUT2D eigenvalue weighted by atomic mass is 19.1. The van der Waals surface area contributed by atoms with Crippen molar-refractivity contribution in [2.24, 2.45) is 0 Å². The molecule has 0 aromatic rings. The molecule has 0 N–H and O–H groups in total. The molecule has 1 unspecified atom stereocenters. The van der Waals surface area contributed by atoms with Gasteiger partial charge in [0.25, 0.3) is 0 Å². The van der Waals surface area contributed by atoms with Gasteiger partial charge >= 0.3 is 11.9 Å². The quantitative estimate of drug-likeness (QED) is 0.394. The Morgan fingerprint density at radius 3 is 2.40 bits per heavy atom. The van der Waals surface area contributed by atoms with Crippen LogP contribution in [-0.4, -0.2) is 18.1 Å². The Kier molecular flexibility index (Phi) is 1.53. The van der Waals surface area contributed by atoms with Crippen molar-refractivity contribution in [1.82, 2.24) is 0 Å². The molecule has 0 fully saturated rings. The van der Waals surface area contributed by atoms with E-state index in [0.29, 0.717) is 0 Å². The van der Waals surface area contributed by atoms with Crippen molar-refractivity contribution in [3.05, 3.63) is 11.6 Å². The maximum atomic E-state index is 12.3. The van der Waals surface area contributed by atoms with Crippen LogP contribution in [0.25, 0.3) is 0 Å². The molecule has 0 saturated heterocycles. The molecule has 0 amide bonds. The summed E-state index contributed by atoms with van der Waals surface area (Å²) >= 11 is 0. The average molecular weight is 144 g/mol. The topological polar surface area (TPSA) is 43.4 Å². The van der Waals surface area contributed by atoms with Gasteiger partial charge in [-0.25, -0.2) is 14.0 Å². The third kappa shape index (κ3) is 1.05. The van der Waals surface area contributed by atoms with E-state index in [9.17, 15) is 14.0 Å². The Labute approximate surface area is 56.5 Å². The van der Waals surface area contributed by atoms with E-state index in [1.807, 2.05) is 0 Å². The summed E-state index contributed by atoms with van der Waals surface area (Å²) in [6.45, 7) is 1.17. The van der Waals surface area contributed by atoms with Crippen molar-refractivity contribution in [3.8, 4) is 0 Å². The first kappa shape index (κ1) is 6.92. The molecule has 1 rings (SSSR count). The number of cyclic esters (lactones) is 2. The van der Waals surface area contributed by atoms with Gasteiger partial charge in [0, 0.05) is 6.08 Å². The highest BCUT2D eigenvalue weighted by Crippen LogP contribution is 2.14. The number of carbonyl (C=O) groups is 2. The second-order valence-corrected chi connectivity index (χ2v) is 1.92. The normalized spacial score (nSPS) is 20.4. The summed E-state index contributed by atoms with van der Waals surface area (Å²) in [4.78, 5) is 20.8. The van der Waals surface area contributed by atoms with Crippen molar-refractivity contribution in [3.63, 3.8) is 0 Å². The number of alkyl halides is 1. The third-order valence-corrected chi connectivity index (χ3v) is 1.13. The summed E-state index contributed by atoms with van der Waals surface area (Å²) in [6, 6.07) is 0. The van der Waals surface area contributed by atoms with Gasteiger partial charge in [-0.1, -0.05) is 0 Å². The SMILES string of the molecule is CC(F)C1=CC(=O)OC1=O. The Hall–Kier alpha value is -1.19. The summed E-state index contributed by atoms with van der Waals surface area (Å²) in [5.74, 6) is -1.66. The standard InChI is InChI=1S/C6H5FO3/c1-3(7)4-2-5(8)10-6(4)9/h2-3H,1H3. The van der Waals surface area contributed by atoms with Crippen LogP contribution in [-0.2, 0) is 14.3 Å². The van der Waals surface area contributed by atoms with Gasteiger partial charge in [-0.2, -0.15) is 0 Å². The molecular formula is C6H5FO3. The second kappa shape index (κ2) is 2.21. The van der Waals surface area contributed by atoms with Crippen LogP contribution in [0.2, 0.25) is 0 Å². The molecule has 0 spiro atoms. The fourth-order valence-corrected chi connectivity index (χ4v) is 0.643. The minimum Gasteiger partial charge on any atom is -0.386 e. The number of halogens is 1. The van der Waals surface area contributed by atoms with Gasteiger partial charge in [0.15, 0.2) is 0 Å². The van der Waals surface area contributed by atoms with Crippen molar-refractivity contribution < 1.29 is 18.7 Å². The number of hydrogen-bond donors (Lipinski definition) is 0. The Morgan fingerprint density at radius 2 is 2.20 bits per heavy atom. The predicted octanol–water partition coefficient (Wildman–Crippen LogP) is 0.354. The van der Waals surface area contributed by atoms with Crippen LogP contribution in [0.4, 0.5) is 4.39 Å². The van der Waals surface area contributed by atoms with E-state index >= 15 is 0 Å². The lowest BCUT2D eigenvalue weighted by molar-refractivity contribution is -0.150. The van der Waals surface area contributed by atoms with E-state index in [0.717, 1.165) is 6.08 Å². The highest BCUT2D eigenvalue weighted by Gasteiger charge is 2.27. The van der Waals surface area contributed by atoms with E-state index in [2.05, 4.69) is 4.74 Å². The zero-order valence-corrected chi connectivity index (χ0v) is 5.26. The van der Waals surface area contributed by atoms with Crippen LogP contribution < -0.4 is 0 Å². The van der Waals surface area contributed by atoms with E-state index in [4.69, 9.17) is 0 Å². The number of ether oxygens (including phenoxy) is 1. The fraction of sp³-hybridized carbons (Fsp3) is 0.333. The van der Waals surface area contributed by atoms with Crippen molar-refractivity contribution >= 4 is 11.9 Å². The van der Waals surface area contributed by atoms with E-state index < -0.39 is 18.1 Å². The fourth-order valence-electron chi connectivity index (χ4n) is 0.643. The summed E-state index contributed by atoms with van der Waals surface area (Å²) in [7, 11) is 0. The molecule has 0 aliphatic carbocycles. The molecule has 1 atom stereocenters. The van der Waals surface area contributed by atoms with Crippen LogP contribution in [0.5, 0.6) is 0 Å². The summed E-state index contributed by atoms with van der Waals surface area (Å²) in [5.41, 5.74) is -0.204. The lowest BCUT2D eigenvalue weighted by Crippen LogP contribution is -2.08. The van der Waals surface area contributed by atoms with Crippen molar-refractivity contribution in [2.45, 2.75) is 13.1 Å². The first-order valence-corrected chi connectivity index (χ1v) is 2.73. The largest absolute Gasteiger partial charge is 0.386 e. The minimum absolute atomic E-state index is 0.204. The molecule has 1 aliphatic rings. The second-order valence-electron chi connectivity index (χ2n) is 1.92. The van der Waals surface area contributed by atoms with Gasteiger partial charge in [-0.3, -0.25) is 0 Å². The Balaban J connectivity index is 2.85. The lowest BCUT2D eigenvalue weighted by Gasteiger charge is -1.95. The molecule has 4 heteroatoms. The van der Waals surface area contributed by atoms with Crippen molar-refractivity contribution in [2.75, 3.05) is 0 Å². The molecule has 3 nitrogen and oxygen atoms in total. The molecular weight excluding hydrogens is 139 g/mol. The van der Waals surface area contributed by atoms with Crippen molar-refractivity contribution in [1.29, 1.82) is 0 Å². The maximum absolute atomic E-state index is 12.3. The van der Waals surface area contributed by atoms with Crippen LogP contribution >= 0.6 is 0 Å². The van der Waals surface area contributed by atoms with E-state index in [1.54, 1.807) is 0 Å². The molecule has 10 heavy (non-hydrogen) atoms. The smallest absolute Gasteiger partial charge is 0.345 e. The van der Waals surface area contributed by atoms with Gasteiger partial charge in [-0.05, 0) is 6.92 Å². The molecule has 54 valence electrons. The van der Waals surface area contributed by atoms with Gasteiger partial charge in [-0.15, -0.1) is 0 Å². The molecule has 1 heterocycles. The first-order valence-electron chi connectivity index (χ1n) is 2.73. The zero-order chi connectivity index (χ0) is 7.72. The number of hydrogen-bond acceptors (Lipinski definition) is 3. The highest BCUT2D eigenvalue weighted by molar-refractivity contribution is 6.09. The first-order chi connectivity index (χ1) is 4.61. The summed E-state index contributed by atoms with van der Waals surface area (Å²) < 4.78 is 16.3. The van der Waals surface area contributed by atoms with Crippen LogP contribution in [0.3, 0.4) is 0 Å². The Morgan fingerprint density at radius 1 is 1.60 bits per heavy atom. The lowest BCUT2D eigenvalue weighted by atomic mass is 10.2. The van der Waals surface area contributed by atoms with Gasteiger partial charge in [0.2, 0.25) is 0 Å². The molecule has 0 saturated carbocycles. The molecule has 0 radical (unpaired) electrons. The van der Waals surface area contributed by atoms with Gasteiger partial charge in [0.05, 0.1) is 5.57 Å².